The molecule has 2 N–H and O–H groups in total. The number of rotatable bonds is 6. The number of halogens is 1. The van der Waals surface area contributed by atoms with Crippen LogP contribution >= 0.6 is 11.6 Å². The van der Waals surface area contributed by atoms with Gasteiger partial charge in [0.05, 0.1) is 17.8 Å². The zero-order valence-electron chi connectivity index (χ0n) is 11.1. The molecule has 0 unspecified atom stereocenters. The van der Waals surface area contributed by atoms with E-state index in [1.54, 1.807) is 25.3 Å². The fourth-order valence-corrected chi connectivity index (χ4v) is 1.82. The van der Waals surface area contributed by atoms with Gasteiger partial charge in [0, 0.05) is 6.07 Å². The van der Waals surface area contributed by atoms with Crippen LogP contribution in [0.25, 0.3) is 0 Å². The summed E-state index contributed by atoms with van der Waals surface area (Å²) in [6, 6.07) is 12.6. The number of methoxy groups -OCH3 is 1. The molecule has 0 atom stereocenters. The van der Waals surface area contributed by atoms with Crippen LogP contribution in [0.1, 0.15) is 0 Å². The van der Waals surface area contributed by atoms with E-state index in [1.165, 1.54) is 0 Å². The third-order valence-corrected chi connectivity index (χ3v) is 2.98. The van der Waals surface area contributed by atoms with Gasteiger partial charge >= 0.3 is 0 Å². The highest BCUT2D eigenvalue weighted by Crippen LogP contribution is 2.26. The molecule has 0 aliphatic carbocycles. The molecule has 0 fully saturated rings. The van der Waals surface area contributed by atoms with E-state index in [4.69, 9.17) is 31.5 Å². The highest BCUT2D eigenvalue weighted by atomic mass is 35.5. The predicted molar refractivity (Wildman–Crippen MR) is 79.8 cm³/mol. The van der Waals surface area contributed by atoms with Gasteiger partial charge < -0.3 is 19.9 Å². The third-order valence-electron chi connectivity index (χ3n) is 2.65. The largest absolute Gasteiger partial charge is 0.493 e. The second-order valence-electron chi connectivity index (χ2n) is 4.03. The van der Waals surface area contributed by atoms with E-state index >= 15 is 0 Å². The van der Waals surface area contributed by atoms with Crippen molar-refractivity contribution < 1.29 is 14.2 Å². The van der Waals surface area contributed by atoms with Gasteiger partial charge in [0.1, 0.15) is 19.0 Å². The lowest BCUT2D eigenvalue weighted by molar-refractivity contribution is 0.211. The summed E-state index contributed by atoms with van der Waals surface area (Å²) in [5.41, 5.74) is 6.16. The lowest BCUT2D eigenvalue weighted by Gasteiger charge is -2.11. The quantitative estimate of drug-likeness (QED) is 0.655. The van der Waals surface area contributed by atoms with Crippen LogP contribution in [0.5, 0.6) is 17.2 Å². The summed E-state index contributed by atoms with van der Waals surface area (Å²) in [5.74, 6) is 2.05. The van der Waals surface area contributed by atoms with Gasteiger partial charge in [0.25, 0.3) is 0 Å². The summed E-state index contributed by atoms with van der Waals surface area (Å²) in [4.78, 5) is 0. The number of hydrogen-bond acceptors (Lipinski definition) is 4. The molecule has 0 radical (unpaired) electrons. The Morgan fingerprint density at radius 1 is 1.00 bits per heavy atom. The molecule has 5 heteroatoms. The second kappa shape index (κ2) is 6.91. The first-order valence-corrected chi connectivity index (χ1v) is 6.52. The number of hydrogen-bond donors (Lipinski definition) is 1. The van der Waals surface area contributed by atoms with E-state index in [-0.39, 0.29) is 0 Å². The topological polar surface area (TPSA) is 53.7 Å². The Kier molecular flexibility index (Phi) is 4.96. The normalized spacial score (nSPS) is 10.1. The van der Waals surface area contributed by atoms with Crippen LogP contribution in [-0.4, -0.2) is 20.3 Å². The molecule has 2 aromatic rings. The SMILES string of the molecule is COc1ccccc1OCCOc1ccc(N)c(Cl)c1. The minimum Gasteiger partial charge on any atom is -0.493 e. The molecule has 0 aliphatic heterocycles. The lowest BCUT2D eigenvalue weighted by Crippen LogP contribution is -2.09. The van der Waals surface area contributed by atoms with Crippen molar-refractivity contribution in [1.29, 1.82) is 0 Å². The summed E-state index contributed by atoms with van der Waals surface area (Å²) in [7, 11) is 1.61. The summed E-state index contributed by atoms with van der Waals surface area (Å²) < 4.78 is 16.3. The Balaban J connectivity index is 1.83. The summed E-state index contributed by atoms with van der Waals surface area (Å²) >= 11 is 5.91. The number of benzene rings is 2. The van der Waals surface area contributed by atoms with Gasteiger partial charge in [-0.05, 0) is 24.3 Å². The van der Waals surface area contributed by atoms with Gasteiger partial charge in [-0.1, -0.05) is 23.7 Å². The first kappa shape index (κ1) is 14.3. The smallest absolute Gasteiger partial charge is 0.161 e. The zero-order chi connectivity index (χ0) is 14.4. The van der Waals surface area contributed by atoms with Gasteiger partial charge in [0.2, 0.25) is 0 Å². The minimum atomic E-state index is 0.401. The fourth-order valence-electron chi connectivity index (χ4n) is 1.65. The van der Waals surface area contributed by atoms with Crippen molar-refractivity contribution in [3.8, 4) is 17.2 Å². The van der Waals surface area contributed by atoms with Crippen molar-refractivity contribution in [3.05, 3.63) is 47.5 Å². The van der Waals surface area contributed by atoms with Crippen molar-refractivity contribution in [3.63, 3.8) is 0 Å². The van der Waals surface area contributed by atoms with Gasteiger partial charge in [0.15, 0.2) is 11.5 Å². The standard InChI is InChI=1S/C15H16ClNO3/c1-18-14-4-2-3-5-15(14)20-9-8-19-11-6-7-13(17)12(16)10-11/h2-7,10H,8-9,17H2,1H3. The molecule has 0 spiro atoms. The number of ether oxygens (including phenoxy) is 3. The number of nitrogen functional groups attached to an aromatic ring is 1. The third kappa shape index (κ3) is 3.71. The van der Waals surface area contributed by atoms with Crippen LogP contribution in [0, 0.1) is 0 Å². The van der Waals surface area contributed by atoms with Crippen LogP contribution in [0.4, 0.5) is 5.69 Å². The monoisotopic (exact) mass is 293 g/mol. The summed E-state index contributed by atoms with van der Waals surface area (Å²) in [6.45, 7) is 0.806. The average Bonchev–Trinajstić information content (AvgIpc) is 2.47. The van der Waals surface area contributed by atoms with Gasteiger partial charge in [-0.2, -0.15) is 0 Å². The maximum absolute atomic E-state index is 5.91. The zero-order valence-corrected chi connectivity index (χ0v) is 11.9. The molecule has 0 aliphatic rings. The summed E-state index contributed by atoms with van der Waals surface area (Å²) in [6.07, 6.45) is 0. The van der Waals surface area contributed by atoms with E-state index in [9.17, 15) is 0 Å². The molecule has 106 valence electrons. The molecule has 0 saturated heterocycles. The highest BCUT2D eigenvalue weighted by Gasteiger charge is 2.03. The molecular weight excluding hydrogens is 278 g/mol. The van der Waals surface area contributed by atoms with Crippen molar-refractivity contribution in [2.75, 3.05) is 26.1 Å². The maximum atomic E-state index is 5.91. The Bertz CT molecular complexity index is 575. The van der Waals surface area contributed by atoms with E-state index in [0.29, 0.717) is 41.2 Å². The molecule has 2 rings (SSSR count). The Morgan fingerprint density at radius 3 is 2.40 bits per heavy atom. The predicted octanol–water partition coefficient (Wildman–Crippen LogP) is 3.39. The molecule has 0 heterocycles. The fraction of sp³-hybridized carbons (Fsp3) is 0.200. The van der Waals surface area contributed by atoms with Crippen LogP contribution in [-0.2, 0) is 0 Å². The van der Waals surface area contributed by atoms with Crippen LogP contribution in [0.15, 0.2) is 42.5 Å². The summed E-state index contributed by atoms with van der Waals surface area (Å²) in [5, 5.41) is 0.480. The van der Waals surface area contributed by atoms with Crippen molar-refractivity contribution in [2.45, 2.75) is 0 Å². The first-order chi connectivity index (χ1) is 9.70. The lowest BCUT2D eigenvalue weighted by atomic mass is 10.3. The molecule has 0 bridgehead atoms. The molecular formula is C15H16ClNO3. The highest BCUT2D eigenvalue weighted by molar-refractivity contribution is 6.33. The molecule has 0 amide bonds. The maximum Gasteiger partial charge on any atom is 0.161 e. The van der Waals surface area contributed by atoms with Gasteiger partial charge in [-0.25, -0.2) is 0 Å². The number of anilines is 1. The molecule has 0 aromatic heterocycles. The van der Waals surface area contributed by atoms with Gasteiger partial charge in [-0.15, -0.1) is 0 Å². The van der Waals surface area contributed by atoms with Crippen LogP contribution in [0.3, 0.4) is 0 Å². The van der Waals surface area contributed by atoms with Crippen LogP contribution < -0.4 is 19.9 Å². The first-order valence-electron chi connectivity index (χ1n) is 6.14. The molecule has 20 heavy (non-hydrogen) atoms. The number of nitrogens with two attached hydrogens (primary N) is 1. The average molecular weight is 294 g/mol. The van der Waals surface area contributed by atoms with E-state index in [1.807, 2.05) is 24.3 Å². The minimum absolute atomic E-state index is 0.401. The van der Waals surface area contributed by atoms with Crippen LogP contribution in [0.2, 0.25) is 5.02 Å². The molecule has 0 saturated carbocycles. The van der Waals surface area contributed by atoms with Crippen molar-refractivity contribution >= 4 is 17.3 Å². The second-order valence-corrected chi connectivity index (χ2v) is 4.44. The Hall–Kier alpha value is -2.07. The number of para-hydroxylation sites is 2. The Morgan fingerprint density at radius 2 is 1.70 bits per heavy atom. The Labute approximate surface area is 123 Å². The van der Waals surface area contributed by atoms with E-state index < -0.39 is 0 Å². The van der Waals surface area contributed by atoms with Crippen molar-refractivity contribution in [1.82, 2.24) is 0 Å². The molecule has 4 nitrogen and oxygen atoms in total. The van der Waals surface area contributed by atoms with Crippen molar-refractivity contribution in [2.24, 2.45) is 0 Å². The molecule has 2 aromatic carbocycles. The van der Waals surface area contributed by atoms with Gasteiger partial charge in [-0.3, -0.25) is 0 Å². The van der Waals surface area contributed by atoms with E-state index in [0.717, 1.165) is 0 Å². The van der Waals surface area contributed by atoms with E-state index in [2.05, 4.69) is 0 Å².